The van der Waals surface area contributed by atoms with Crippen LogP contribution in [0.4, 0.5) is 0 Å². The van der Waals surface area contributed by atoms with Crippen LogP contribution in [0.1, 0.15) is 207 Å². The number of hydrogen-bond donors (Lipinski definition) is 0. The molecule has 0 aliphatic rings. The zero-order valence-corrected chi connectivity index (χ0v) is 32.9. The molecule has 1 atom stereocenters. The minimum atomic E-state index is -0.774. The van der Waals surface area contributed by atoms with Gasteiger partial charge in [0.2, 0.25) is 0 Å². The lowest BCUT2D eigenvalue weighted by Crippen LogP contribution is -2.30. The fourth-order valence-corrected chi connectivity index (χ4v) is 5.65. The maximum atomic E-state index is 12.6. The Hall–Kier alpha value is -2.37. The van der Waals surface area contributed by atoms with Gasteiger partial charge in [0.25, 0.3) is 0 Å². The van der Waals surface area contributed by atoms with Gasteiger partial charge in [0.05, 0.1) is 0 Å². The summed E-state index contributed by atoms with van der Waals surface area (Å²) in [6, 6.07) is 0. The SMILES string of the molecule is CCC/C=C\CCCCCCCC(=O)OC(COC(=O)CCCCCCCC)COC(=O)CCCCCCC/C=C\C/C=C\CCCCCC. The van der Waals surface area contributed by atoms with Crippen molar-refractivity contribution in [2.75, 3.05) is 13.2 Å². The third-order valence-electron chi connectivity index (χ3n) is 8.85. The van der Waals surface area contributed by atoms with Gasteiger partial charge in [0.15, 0.2) is 6.10 Å². The molecule has 0 saturated heterocycles. The Morgan fingerprint density at radius 2 is 0.760 bits per heavy atom. The van der Waals surface area contributed by atoms with E-state index in [0.717, 1.165) is 96.3 Å². The summed E-state index contributed by atoms with van der Waals surface area (Å²) in [7, 11) is 0. The molecule has 0 N–H and O–H groups in total. The van der Waals surface area contributed by atoms with Gasteiger partial charge in [-0.05, 0) is 70.6 Å². The molecular weight excluding hydrogens is 624 g/mol. The van der Waals surface area contributed by atoms with Crippen molar-refractivity contribution in [1.29, 1.82) is 0 Å². The highest BCUT2D eigenvalue weighted by Gasteiger charge is 2.19. The van der Waals surface area contributed by atoms with Crippen LogP contribution in [0.5, 0.6) is 0 Å². The molecule has 0 bridgehead atoms. The van der Waals surface area contributed by atoms with Crippen molar-refractivity contribution in [2.24, 2.45) is 0 Å². The number of allylic oxidation sites excluding steroid dienone is 6. The van der Waals surface area contributed by atoms with Gasteiger partial charge in [0.1, 0.15) is 13.2 Å². The van der Waals surface area contributed by atoms with Gasteiger partial charge in [-0.2, -0.15) is 0 Å². The smallest absolute Gasteiger partial charge is 0.306 e. The number of carbonyl (C=O) groups is 3. The standard InChI is InChI=1S/C44H78O6/c1-4-7-10-13-16-18-20-21-22-23-24-25-27-28-31-34-37-43(46)49-40-41(39-48-42(45)36-33-30-15-12-9-6-3)50-44(47)38-35-32-29-26-19-17-14-11-8-5-2/h11,14,18,20,22-23,41H,4-10,12-13,15-17,19,21,24-40H2,1-3H3/b14-11-,20-18-,23-22-. The van der Waals surface area contributed by atoms with Gasteiger partial charge in [-0.1, -0.05) is 154 Å². The van der Waals surface area contributed by atoms with E-state index >= 15 is 0 Å². The molecule has 0 saturated carbocycles. The first-order valence-corrected chi connectivity index (χ1v) is 21.0. The normalized spacial score (nSPS) is 12.3. The molecule has 0 amide bonds. The molecule has 0 aliphatic heterocycles. The molecule has 290 valence electrons. The van der Waals surface area contributed by atoms with E-state index in [1.165, 1.54) is 70.6 Å². The number of carbonyl (C=O) groups excluding carboxylic acids is 3. The van der Waals surface area contributed by atoms with Crippen molar-refractivity contribution in [3.8, 4) is 0 Å². The van der Waals surface area contributed by atoms with Crippen molar-refractivity contribution in [3.05, 3.63) is 36.5 Å². The summed E-state index contributed by atoms with van der Waals surface area (Å²) in [6.07, 6.45) is 42.9. The fraction of sp³-hybridized carbons (Fsp3) is 0.795. The Bertz CT molecular complexity index is 861. The van der Waals surface area contributed by atoms with E-state index in [0.29, 0.717) is 19.3 Å². The number of ether oxygens (including phenoxy) is 3. The van der Waals surface area contributed by atoms with Crippen LogP contribution >= 0.6 is 0 Å². The third kappa shape index (κ3) is 36.9. The van der Waals surface area contributed by atoms with E-state index in [1.807, 2.05) is 0 Å². The predicted octanol–water partition coefficient (Wildman–Crippen LogP) is 13.0. The Labute approximate surface area is 308 Å². The topological polar surface area (TPSA) is 78.9 Å². The molecule has 50 heavy (non-hydrogen) atoms. The number of hydrogen-bond acceptors (Lipinski definition) is 6. The summed E-state index contributed by atoms with van der Waals surface area (Å²) < 4.78 is 16.5. The first kappa shape index (κ1) is 47.6. The fourth-order valence-electron chi connectivity index (χ4n) is 5.65. The lowest BCUT2D eigenvalue weighted by atomic mass is 10.1. The maximum Gasteiger partial charge on any atom is 0.306 e. The lowest BCUT2D eigenvalue weighted by Gasteiger charge is -2.18. The second-order valence-electron chi connectivity index (χ2n) is 13.9. The van der Waals surface area contributed by atoms with Crippen molar-refractivity contribution < 1.29 is 28.6 Å². The van der Waals surface area contributed by atoms with Gasteiger partial charge in [0, 0.05) is 19.3 Å². The molecule has 0 spiro atoms. The van der Waals surface area contributed by atoms with Gasteiger partial charge in [-0.25, -0.2) is 0 Å². The molecule has 0 radical (unpaired) electrons. The molecule has 0 fully saturated rings. The molecule has 1 unspecified atom stereocenters. The summed E-state index contributed by atoms with van der Waals surface area (Å²) in [4.78, 5) is 37.4. The molecular formula is C44H78O6. The molecule has 0 aromatic heterocycles. The predicted molar refractivity (Wildman–Crippen MR) is 210 cm³/mol. The van der Waals surface area contributed by atoms with E-state index in [1.54, 1.807) is 0 Å². The highest BCUT2D eigenvalue weighted by molar-refractivity contribution is 5.71. The zero-order chi connectivity index (χ0) is 36.6. The Morgan fingerprint density at radius 1 is 0.400 bits per heavy atom. The van der Waals surface area contributed by atoms with Crippen molar-refractivity contribution in [1.82, 2.24) is 0 Å². The Balaban J connectivity index is 4.30. The quantitative estimate of drug-likeness (QED) is 0.0277. The number of rotatable bonds is 37. The Kier molecular flexibility index (Phi) is 37.5. The zero-order valence-electron chi connectivity index (χ0n) is 32.9. The number of esters is 3. The average Bonchev–Trinajstić information content (AvgIpc) is 3.11. The largest absolute Gasteiger partial charge is 0.462 e. The molecule has 0 aliphatic carbocycles. The summed E-state index contributed by atoms with van der Waals surface area (Å²) >= 11 is 0. The van der Waals surface area contributed by atoms with Gasteiger partial charge in [-0.15, -0.1) is 0 Å². The molecule has 6 heteroatoms. The van der Waals surface area contributed by atoms with Gasteiger partial charge < -0.3 is 14.2 Å². The minimum Gasteiger partial charge on any atom is -0.462 e. The van der Waals surface area contributed by atoms with Crippen LogP contribution < -0.4 is 0 Å². The van der Waals surface area contributed by atoms with Crippen LogP contribution in [-0.2, 0) is 28.6 Å². The monoisotopic (exact) mass is 703 g/mol. The van der Waals surface area contributed by atoms with Crippen LogP contribution in [0.3, 0.4) is 0 Å². The van der Waals surface area contributed by atoms with E-state index in [9.17, 15) is 14.4 Å². The maximum absolute atomic E-state index is 12.6. The Morgan fingerprint density at radius 3 is 1.22 bits per heavy atom. The van der Waals surface area contributed by atoms with E-state index in [2.05, 4.69) is 57.2 Å². The third-order valence-corrected chi connectivity index (χ3v) is 8.85. The van der Waals surface area contributed by atoms with Crippen LogP contribution in [0, 0.1) is 0 Å². The van der Waals surface area contributed by atoms with E-state index < -0.39 is 6.10 Å². The second kappa shape index (κ2) is 39.4. The second-order valence-corrected chi connectivity index (χ2v) is 13.9. The average molecular weight is 703 g/mol. The van der Waals surface area contributed by atoms with Crippen molar-refractivity contribution in [3.63, 3.8) is 0 Å². The molecule has 6 nitrogen and oxygen atoms in total. The van der Waals surface area contributed by atoms with E-state index in [4.69, 9.17) is 14.2 Å². The number of unbranched alkanes of at least 4 members (excludes halogenated alkanes) is 20. The highest BCUT2D eigenvalue weighted by Crippen LogP contribution is 2.13. The van der Waals surface area contributed by atoms with Gasteiger partial charge >= 0.3 is 17.9 Å². The van der Waals surface area contributed by atoms with Crippen LogP contribution in [-0.4, -0.2) is 37.2 Å². The van der Waals surface area contributed by atoms with Crippen LogP contribution in [0.2, 0.25) is 0 Å². The van der Waals surface area contributed by atoms with E-state index in [-0.39, 0.29) is 31.1 Å². The summed E-state index contributed by atoms with van der Waals surface area (Å²) in [5.41, 5.74) is 0. The summed E-state index contributed by atoms with van der Waals surface area (Å²) in [5.74, 6) is -0.919. The summed E-state index contributed by atoms with van der Waals surface area (Å²) in [5, 5.41) is 0. The van der Waals surface area contributed by atoms with Crippen molar-refractivity contribution in [2.45, 2.75) is 213 Å². The molecule has 0 aromatic carbocycles. The first-order chi connectivity index (χ1) is 24.5. The molecule has 0 rings (SSSR count). The highest BCUT2D eigenvalue weighted by atomic mass is 16.6. The van der Waals surface area contributed by atoms with Crippen molar-refractivity contribution >= 4 is 17.9 Å². The first-order valence-electron chi connectivity index (χ1n) is 21.0. The summed E-state index contributed by atoms with van der Waals surface area (Å²) in [6.45, 7) is 6.46. The molecule has 0 heterocycles. The minimum absolute atomic E-state index is 0.0803. The lowest BCUT2D eigenvalue weighted by molar-refractivity contribution is -0.167. The van der Waals surface area contributed by atoms with Crippen LogP contribution in [0.25, 0.3) is 0 Å². The van der Waals surface area contributed by atoms with Gasteiger partial charge in [-0.3, -0.25) is 14.4 Å². The van der Waals surface area contributed by atoms with Crippen LogP contribution in [0.15, 0.2) is 36.5 Å². The molecule has 0 aromatic rings.